The Bertz CT molecular complexity index is 585. The van der Waals surface area contributed by atoms with Crippen molar-refractivity contribution in [2.45, 2.75) is 36.6 Å². The molecule has 1 aliphatic carbocycles. The summed E-state index contributed by atoms with van der Waals surface area (Å²) in [6.07, 6.45) is 2.54. The number of hydrogen-bond donors (Lipinski definition) is 2. The Labute approximate surface area is 116 Å². The number of carboxylic acid groups (broad SMARTS) is 1. The molecular formula is C13H16FNO4S. The lowest BCUT2D eigenvalue weighted by Gasteiger charge is -2.28. The first-order valence-electron chi connectivity index (χ1n) is 6.41. The van der Waals surface area contributed by atoms with E-state index in [2.05, 4.69) is 4.72 Å². The van der Waals surface area contributed by atoms with Gasteiger partial charge in [0.05, 0.1) is 10.8 Å². The van der Waals surface area contributed by atoms with Crippen LogP contribution >= 0.6 is 0 Å². The molecule has 2 rings (SSSR count). The third-order valence-electron chi connectivity index (χ3n) is 3.51. The second-order valence-electron chi connectivity index (χ2n) is 4.91. The maximum atomic E-state index is 12.8. The van der Waals surface area contributed by atoms with Crippen molar-refractivity contribution in [3.05, 3.63) is 30.1 Å². The van der Waals surface area contributed by atoms with Crippen molar-refractivity contribution in [2.75, 3.05) is 0 Å². The van der Waals surface area contributed by atoms with E-state index in [1.54, 1.807) is 0 Å². The summed E-state index contributed by atoms with van der Waals surface area (Å²) in [5.41, 5.74) is 0. The van der Waals surface area contributed by atoms with Crippen LogP contribution in [-0.2, 0) is 14.8 Å². The number of nitrogens with one attached hydrogen (secondary N) is 1. The molecule has 1 aromatic rings. The highest BCUT2D eigenvalue weighted by Gasteiger charge is 2.33. The minimum absolute atomic E-state index is 0.0615. The molecule has 0 amide bonds. The van der Waals surface area contributed by atoms with E-state index in [9.17, 15) is 17.6 Å². The second kappa shape index (κ2) is 5.88. The zero-order valence-corrected chi connectivity index (χ0v) is 11.6. The van der Waals surface area contributed by atoms with Crippen LogP contribution in [0, 0.1) is 11.7 Å². The highest BCUT2D eigenvalue weighted by Crippen LogP contribution is 2.26. The van der Waals surface area contributed by atoms with Crippen LogP contribution in [0.4, 0.5) is 4.39 Å². The number of sulfonamides is 1. The maximum Gasteiger partial charge on any atom is 0.308 e. The van der Waals surface area contributed by atoms with E-state index in [4.69, 9.17) is 5.11 Å². The largest absolute Gasteiger partial charge is 0.481 e. The Morgan fingerprint density at radius 2 is 1.80 bits per heavy atom. The molecule has 1 saturated carbocycles. The molecule has 7 heteroatoms. The quantitative estimate of drug-likeness (QED) is 0.887. The van der Waals surface area contributed by atoms with Gasteiger partial charge in [-0.1, -0.05) is 12.8 Å². The summed E-state index contributed by atoms with van der Waals surface area (Å²) >= 11 is 0. The highest BCUT2D eigenvalue weighted by atomic mass is 32.2. The monoisotopic (exact) mass is 301 g/mol. The van der Waals surface area contributed by atoms with Gasteiger partial charge in [0.15, 0.2) is 0 Å². The smallest absolute Gasteiger partial charge is 0.308 e. The molecule has 0 radical (unpaired) electrons. The van der Waals surface area contributed by atoms with E-state index < -0.39 is 33.8 Å². The number of benzene rings is 1. The third kappa shape index (κ3) is 3.34. The molecule has 2 unspecified atom stereocenters. The van der Waals surface area contributed by atoms with Crippen molar-refractivity contribution in [1.29, 1.82) is 0 Å². The van der Waals surface area contributed by atoms with Gasteiger partial charge in [-0.3, -0.25) is 4.79 Å². The minimum Gasteiger partial charge on any atom is -0.481 e. The van der Waals surface area contributed by atoms with Crippen molar-refractivity contribution in [2.24, 2.45) is 5.92 Å². The Kier molecular flexibility index (Phi) is 4.39. The summed E-state index contributed by atoms with van der Waals surface area (Å²) in [7, 11) is -3.82. The normalized spacial score (nSPS) is 23.4. The molecule has 0 heterocycles. The fourth-order valence-electron chi connectivity index (χ4n) is 2.45. The first-order valence-corrected chi connectivity index (χ1v) is 7.89. The molecule has 5 nitrogen and oxygen atoms in total. The number of rotatable bonds is 4. The average molecular weight is 301 g/mol. The van der Waals surface area contributed by atoms with Crippen molar-refractivity contribution >= 4 is 16.0 Å². The lowest BCUT2D eigenvalue weighted by Crippen LogP contribution is -2.44. The van der Waals surface area contributed by atoms with Crippen molar-refractivity contribution in [3.8, 4) is 0 Å². The fraction of sp³-hybridized carbons (Fsp3) is 0.462. The van der Waals surface area contributed by atoms with Crippen LogP contribution in [0.1, 0.15) is 25.7 Å². The fourth-order valence-corrected chi connectivity index (χ4v) is 3.76. The molecule has 0 saturated heterocycles. The van der Waals surface area contributed by atoms with Gasteiger partial charge in [0.1, 0.15) is 5.82 Å². The van der Waals surface area contributed by atoms with Gasteiger partial charge in [-0.15, -0.1) is 0 Å². The molecule has 0 aromatic heterocycles. The minimum atomic E-state index is -3.82. The first kappa shape index (κ1) is 14.9. The maximum absolute atomic E-state index is 12.8. The second-order valence-corrected chi connectivity index (χ2v) is 6.62. The number of aliphatic carboxylic acids is 1. The first-order chi connectivity index (χ1) is 9.40. The molecule has 1 aliphatic rings. The Morgan fingerprint density at radius 1 is 1.20 bits per heavy atom. The SMILES string of the molecule is O=C(O)C1CCCCC1NS(=O)(=O)c1ccc(F)cc1. The van der Waals surface area contributed by atoms with Gasteiger partial charge < -0.3 is 5.11 Å². The molecule has 2 atom stereocenters. The van der Waals surface area contributed by atoms with Crippen LogP contribution in [0.5, 0.6) is 0 Å². The molecule has 0 spiro atoms. The molecule has 0 aliphatic heterocycles. The van der Waals surface area contributed by atoms with Crippen LogP contribution in [0.2, 0.25) is 0 Å². The van der Waals surface area contributed by atoms with Gasteiger partial charge >= 0.3 is 5.97 Å². The highest BCUT2D eigenvalue weighted by molar-refractivity contribution is 7.89. The average Bonchev–Trinajstić information content (AvgIpc) is 2.39. The van der Waals surface area contributed by atoms with E-state index in [1.807, 2.05) is 0 Å². The summed E-state index contributed by atoms with van der Waals surface area (Å²) < 4.78 is 39.5. The lowest BCUT2D eigenvalue weighted by atomic mass is 9.85. The van der Waals surface area contributed by atoms with E-state index >= 15 is 0 Å². The van der Waals surface area contributed by atoms with E-state index in [1.165, 1.54) is 0 Å². The van der Waals surface area contributed by atoms with E-state index in [0.29, 0.717) is 12.8 Å². The van der Waals surface area contributed by atoms with Gasteiger partial charge in [-0.05, 0) is 37.1 Å². The molecule has 110 valence electrons. The molecule has 1 fully saturated rings. The lowest BCUT2D eigenvalue weighted by molar-refractivity contribution is -0.143. The van der Waals surface area contributed by atoms with Gasteiger partial charge in [-0.2, -0.15) is 0 Å². The summed E-state index contributed by atoms with van der Waals surface area (Å²) in [5.74, 6) is -2.22. The van der Waals surface area contributed by atoms with Crippen LogP contribution in [0.15, 0.2) is 29.2 Å². The summed E-state index contributed by atoms with van der Waals surface area (Å²) in [4.78, 5) is 11.1. The summed E-state index contributed by atoms with van der Waals surface area (Å²) in [5, 5.41) is 9.13. The molecule has 1 aromatic carbocycles. The Morgan fingerprint density at radius 3 is 2.40 bits per heavy atom. The number of halogens is 1. The summed E-state index contributed by atoms with van der Waals surface area (Å²) in [6.45, 7) is 0. The zero-order chi connectivity index (χ0) is 14.8. The summed E-state index contributed by atoms with van der Waals surface area (Å²) in [6, 6.07) is 3.83. The molecular weight excluding hydrogens is 285 g/mol. The van der Waals surface area contributed by atoms with Crippen LogP contribution in [-0.4, -0.2) is 25.5 Å². The van der Waals surface area contributed by atoms with Gasteiger partial charge in [0.25, 0.3) is 0 Å². The van der Waals surface area contributed by atoms with Crippen molar-refractivity contribution in [3.63, 3.8) is 0 Å². The Hall–Kier alpha value is -1.47. The predicted octanol–water partition coefficient (Wildman–Crippen LogP) is 1.75. The number of carbonyl (C=O) groups is 1. The predicted molar refractivity (Wildman–Crippen MR) is 70.1 cm³/mol. The van der Waals surface area contributed by atoms with E-state index in [0.717, 1.165) is 37.1 Å². The van der Waals surface area contributed by atoms with Crippen LogP contribution < -0.4 is 4.72 Å². The molecule has 2 N–H and O–H groups in total. The molecule has 20 heavy (non-hydrogen) atoms. The van der Waals surface area contributed by atoms with Crippen LogP contribution in [0.25, 0.3) is 0 Å². The third-order valence-corrected chi connectivity index (χ3v) is 5.02. The van der Waals surface area contributed by atoms with Crippen molar-refractivity contribution in [1.82, 2.24) is 4.72 Å². The van der Waals surface area contributed by atoms with Gasteiger partial charge in [0.2, 0.25) is 10.0 Å². The number of carboxylic acids is 1. The zero-order valence-electron chi connectivity index (χ0n) is 10.8. The standard InChI is InChI=1S/C13H16FNO4S/c14-9-5-7-10(8-6-9)20(18,19)15-12-4-2-1-3-11(12)13(16)17/h5-8,11-12,15H,1-4H2,(H,16,17). The van der Waals surface area contributed by atoms with E-state index in [-0.39, 0.29) is 4.90 Å². The number of hydrogen-bond acceptors (Lipinski definition) is 3. The van der Waals surface area contributed by atoms with Crippen molar-refractivity contribution < 1.29 is 22.7 Å². The topological polar surface area (TPSA) is 83.5 Å². The van der Waals surface area contributed by atoms with Gasteiger partial charge in [0, 0.05) is 6.04 Å². The van der Waals surface area contributed by atoms with Crippen LogP contribution in [0.3, 0.4) is 0 Å². The molecule has 0 bridgehead atoms. The van der Waals surface area contributed by atoms with Gasteiger partial charge in [-0.25, -0.2) is 17.5 Å². The Balaban J connectivity index is 2.18.